The Balaban J connectivity index is 1.83. The Morgan fingerprint density at radius 3 is 2.50 bits per heavy atom. The molecule has 1 aliphatic carbocycles. The van der Waals surface area contributed by atoms with E-state index < -0.39 is 10.0 Å². The number of hydrogen-bond acceptors (Lipinski definition) is 3. The Morgan fingerprint density at radius 2 is 1.79 bits per heavy atom. The summed E-state index contributed by atoms with van der Waals surface area (Å²) in [6, 6.07) is 11.5. The van der Waals surface area contributed by atoms with E-state index in [1.807, 2.05) is 6.92 Å². The molecule has 2 aromatic rings. The second-order valence-corrected chi connectivity index (χ2v) is 9.61. The first-order valence-corrected chi connectivity index (χ1v) is 11.3. The molecule has 0 aliphatic heterocycles. The lowest BCUT2D eigenvalue weighted by molar-refractivity contribution is 0.102. The molecule has 0 saturated heterocycles. The zero-order chi connectivity index (χ0) is 20.3. The molecule has 0 spiro atoms. The number of nitrogens with one attached hydrogen (secondary N) is 1. The van der Waals surface area contributed by atoms with Crippen LogP contribution in [0.4, 0.5) is 5.69 Å². The lowest BCUT2D eigenvalue weighted by Gasteiger charge is -2.30. The molecule has 0 aromatic heterocycles. The summed E-state index contributed by atoms with van der Waals surface area (Å²) in [5, 5.41) is 3.37. The van der Waals surface area contributed by atoms with Gasteiger partial charge in [0.2, 0.25) is 10.0 Å². The highest BCUT2D eigenvalue weighted by atomic mass is 35.5. The average molecular weight is 421 g/mol. The molecule has 0 radical (unpaired) electrons. The number of rotatable bonds is 5. The maximum Gasteiger partial charge on any atom is 0.255 e. The van der Waals surface area contributed by atoms with E-state index >= 15 is 0 Å². The lowest BCUT2D eigenvalue weighted by Crippen LogP contribution is -2.38. The van der Waals surface area contributed by atoms with Crippen LogP contribution in [0.2, 0.25) is 5.02 Å². The molecule has 1 saturated carbocycles. The van der Waals surface area contributed by atoms with Crippen molar-refractivity contribution >= 4 is 33.2 Å². The molecule has 5 nitrogen and oxygen atoms in total. The molecule has 1 amide bonds. The van der Waals surface area contributed by atoms with Crippen LogP contribution in [0.15, 0.2) is 47.4 Å². The van der Waals surface area contributed by atoms with Gasteiger partial charge >= 0.3 is 0 Å². The standard InChI is InChI=1S/C21H25ClN2O3S/c1-15-19(22)12-7-13-20(15)23-21(25)16-8-6-11-18(14-16)28(26,27)24(2)17-9-4-3-5-10-17/h6-8,11-14,17H,3-5,9-10H2,1-2H3,(H,23,25). The fourth-order valence-corrected chi connectivity index (χ4v) is 5.18. The second-order valence-electron chi connectivity index (χ2n) is 7.21. The number of amides is 1. The largest absolute Gasteiger partial charge is 0.322 e. The molecule has 150 valence electrons. The van der Waals surface area contributed by atoms with E-state index in [-0.39, 0.29) is 22.4 Å². The maximum absolute atomic E-state index is 13.0. The van der Waals surface area contributed by atoms with Crippen molar-refractivity contribution in [3.05, 3.63) is 58.6 Å². The second kappa shape index (κ2) is 8.64. The molecule has 1 aliphatic rings. The highest BCUT2D eigenvalue weighted by Crippen LogP contribution is 2.27. The van der Waals surface area contributed by atoms with Crippen molar-refractivity contribution in [1.82, 2.24) is 4.31 Å². The fraction of sp³-hybridized carbons (Fsp3) is 0.381. The number of hydrogen-bond donors (Lipinski definition) is 1. The summed E-state index contributed by atoms with van der Waals surface area (Å²) in [4.78, 5) is 12.8. The third-order valence-electron chi connectivity index (χ3n) is 5.38. The number of nitrogens with zero attached hydrogens (tertiary/aromatic N) is 1. The smallest absolute Gasteiger partial charge is 0.255 e. The Bertz CT molecular complexity index is 969. The summed E-state index contributed by atoms with van der Waals surface area (Å²) >= 11 is 6.10. The van der Waals surface area contributed by atoms with Gasteiger partial charge in [0, 0.05) is 29.4 Å². The SMILES string of the molecule is Cc1c(Cl)cccc1NC(=O)c1cccc(S(=O)(=O)N(C)C2CCCCC2)c1. The Labute approximate surface area is 171 Å². The number of halogens is 1. The molecule has 7 heteroatoms. The number of carbonyl (C=O) groups excluding carboxylic acids is 1. The van der Waals surface area contributed by atoms with Crippen LogP contribution in [-0.2, 0) is 10.0 Å². The molecule has 3 rings (SSSR count). The van der Waals surface area contributed by atoms with Gasteiger partial charge in [-0.15, -0.1) is 0 Å². The molecule has 1 N–H and O–H groups in total. The quantitative estimate of drug-likeness (QED) is 0.751. The van der Waals surface area contributed by atoms with Gasteiger partial charge in [-0.25, -0.2) is 8.42 Å². The van der Waals surface area contributed by atoms with Gasteiger partial charge in [0.1, 0.15) is 0 Å². The molecular weight excluding hydrogens is 396 g/mol. The number of carbonyl (C=O) groups is 1. The average Bonchev–Trinajstić information content (AvgIpc) is 2.71. The van der Waals surface area contributed by atoms with Crippen molar-refractivity contribution in [2.45, 2.75) is 50.0 Å². The minimum atomic E-state index is -3.65. The van der Waals surface area contributed by atoms with Gasteiger partial charge in [0.25, 0.3) is 5.91 Å². The summed E-state index contributed by atoms with van der Waals surface area (Å²) in [6.45, 7) is 1.82. The lowest BCUT2D eigenvalue weighted by atomic mass is 9.96. The Morgan fingerprint density at radius 1 is 1.11 bits per heavy atom. The van der Waals surface area contributed by atoms with Gasteiger partial charge in [0.05, 0.1) is 4.90 Å². The minimum absolute atomic E-state index is 0.0188. The Kier molecular flexibility index (Phi) is 6.43. The van der Waals surface area contributed by atoms with Gasteiger partial charge in [-0.05, 0) is 55.7 Å². The van der Waals surface area contributed by atoms with Crippen LogP contribution in [0, 0.1) is 6.92 Å². The van der Waals surface area contributed by atoms with Gasteiger partial charge in [0.15, 0.2) is 0 Å². The molecule has 0 bridgehead atoms. The van der Waals surface area contributed by atoms with Crippen LogP contribution in [0.5, 0.6) is 0 Å². The maximum atomic E-state index is 13.0. The summed E-state index contributed by atoms with van der Waals surface area (Å²) in [6.07, 6.45) is 5.01. The molecule has 28 heavy (non-hydrogen) atoms. The first-order chi connectivity index (χ1) is 13.3. The number of sulfonamides is 1. The summed E-state index contributed by atoms with van der Waals surface area (Å²) in [5.41, 5.74) is 1.65. The molecule has 2 aromatic carbocycles. The van der Waals surface area contributed by atoms with E-state index in [4.69, 9.17) is 11.6 Å². The summed E-state index contributed by atoms with van der Waals surface area (Å²) < 4.78 is 27.5. The minimum Gasteiger partial charge on any atom is -0.322 e. The van der Waals surface area contributed by atoms with Crippen molar-refractivity contribution in [2.24, 2.45) is 0 Å². The van der Waals surface area contributed by atoms with E-state index in [9.17, 15) is 13.2 Å². The van der Waals surface area contributed by atoms with E-state index in [0.717, 1.165) is 37.7 Å². The van der Waals surface area contributed by atoms with E-state index in [0.29, 0.717) is 10.7 Å². The molecule has 0 heterocycles. The van der Waals surface area contributed by atoms with Gasteiger partial charge in [-0.1, -0.05) is 43.0 Å². The van der Waals surface area contributed by atoms with Crippen LogP contribution in [0.25, 0.3) is 0 Å². The first-order valence-electron chi connectivity index (χ1n) is 9.45. The first kappa shape index (κ1) is 20.8. The molecule has 0 unspecified atom stereocenters. The van der Waals surface area contributed by atoms with Crippen molar-refractivity contribution in [3.63, 3.8) is 0 Å². The van der Waals surface area contributed by atoms with Crippen molar-refractivity contribution in [2.75, 3.05) is 12.4 Å². The molecular formula is C21H25ClN2O3S. The highest BCUT2D eigenvalue weighted by molar-refractivity contribution is 7.89. The summed E-state index contributed by atoms with van der Waals surface area (Å²) in [7, 11) is -2.02. The third-order valence-corrected chi connectivity index (χ3v) is 7.69. The number of anilines is 1. The molecule has 0 atom stereocenters. The molecule has 1 fully saturated rings. The van der Waals surface area contributed by atoms with Crippen LogP contribution >= 0.6 is 11.6 Å². The number of benzene rings is 2. The van der Waals surface area contributed by atoms with Crippen LogP contribution in [0.3, 0.4) is 0 Å². The predicted octanol–water partition coefficient (Wildman–Crippen LogP) is 4.85. The topological polar surface area (TPSA) is 66.5 Å². The van der Waals surface area contributed by atoms with Gasteiger partial charge in [-0.2, -0.15) is 4.31 Å². The predicted molar refractivity (Wildman–Crippen MR) is 112 cm³/mol. The van der Waals surface area contributed by atoms with E-state index in [1.54, 1.807) is 37.4 Å². The van der Waals surface area contributed by atoms with E-state index in [2.05, 4.69) is 5.32 Å². The van der Waals surface area contributed by atoms with Crippen molar-refractivity contribution < 1.29 is 13.2 Å². The fourth-order valence-electron chi connectivity index (χ4n) is 3.54. The van der Waals surface area contributed by atoms with E-state index in [1.165, 1.54) is 16.4 Å². The van der Waals surface area contributed by atoms with Crippen LogP contribution < -0.4 is 5.32 Å². The van der Waals surface area contributed by atoms with Crippen molar-refractivity contribution in [3.8, 4) is 0 Å². The van der Waals surface area contributed by atoms with Crippen LogP contribution in [0.1, 0.15) is 48.0 Å². The van der Waals surface area contributed by atoms with Gasteiger partial charge < -0.3 is 5.32 Å². The third kappa shape index (κ3) is 4.40. The zero-order valence-electron chi connectivity index (χ0n) is 16.1. The van der Waals surface area contributed by atoms with Crippen LogP contribution in [-0.4, -0.2) is 31.7 Å². The summed E-state index contributed by atoms with van der Waals surface area (Å²) in [5.74, 6) is -0.372. The van der Waals surface area contributed by atoms with Gasteiger partial charge in [-0.3, -0.25) is 4.79 Å². The highest BCUT2D eigenvalue weighted by Gasteiger charge is 2.29. The monoisotopic (exact) mass is 420 g/mol. The Hall–Kier alpha value is -1.89. The normalized spacial score (nSPS) is 15.6. The zero-order valence-corrected chi connectivity index (χ0v) is 17.7. The van der Waals surface area contributed by atoms with Crippen molar-refractivity contribution in [1.29, 1.82) is 0 Å².